The highest BCUT2D eigenvalue weighted by molar-refractivity contribution is 7.85. The molecule has 23 heavy (non-hydrogen) atoms. The van der Waals surface area contributed by atoms with Crippen LogP contribution < -0.4 is 4.72 Å². The highest BCUT2D eigenvalue weighted by atomic mass is 35.5. The van der Waals surface area contributed by atoms with Gasteiger partial charge in [-0.15, -0.1) is 0 Å². The number of hydrogen-bond donors (Lipinski definition) is 1. The van der Waals surface area contributed by atoms with Gasteiger partial charge in [0.15, 0.2) is 0 Å². The first-order valence-electron chi connectivity index (χ1n) is 6.01. The van der Waals surface area contributed by atoms with Gasteiger partial charge < -0.3 is 9.47 Å². The van der Waals surface area contributed by atoms with E-state index in [0.717, 1.165) is 14.2 Å². The fourth-order valence-corrected chi connectivity index (χ4v) is 2.43. The summed E-state index contributed by atoms with van der Waals surface area (Å²) in [5, 5.41) is 0.395. The first-order chi connectivity index (χ1) is 10.7. The van der Waals surface area contributed by atoms with Crippen LogP contribution in [0.15, 0.2) is 36.4 Å². The van der Waals surface area contributed by atoms with Crippen molar-refractivity contribution in [2.24, 2.45) is 0 Å². The third-order valence-electron chi connectivity index (χ3n) is 2.55. The summed E-state index contributed by atoms with van der Waals surface area (Å²) in [5.74, 6) is -0.877. The molecule has 8 nitrogen and oxygen atoms in total. The van der Waals surface area contributed by atoms with Crippen LogP contribution in [0, 0.1) is 0 Å². The van der Waals surface area contributed by atoms with Crippen LogP contribution in [0.3, 0.4) is 0 Å². The van der Waals surface area contributed by atoms with Crippen molar-refractivity contribution in [3.63, 3.8) is 0 Å². The molecule has 0 aliphatic rings. The molecule has 0 saturated heterocycles. The maximum absolute atomic E-state index is 11.8. The molecule has 1 aromatic rings. The van der Waals surface area contributed by atoms with E-state index in [2.05, 4.69) is 16.1 Å². The summed E-state index contributed by atoms with van der Waals surface area (Å²) in [6.45, 7) is 3.47. The highest BCUT2D eigenvalue weighted by Gasteiger charge is 2.29. The molecule has 1 aromatic carbocycles. The summed E-state index contributed by atoms with van der Waals surface area (Å²) in [4.78, 5) is 22.6. The average molecular weight is 364 g/mol. The second-order valence-electron chi connectivity index (χ2n) is 4.09. The molecule has 1 amide bonds. The number of carbonyl (C=O) groups is 2. The minimum Gasteiger partial charge on any atom is -0.466 e. The molecular weight excluding hydrogens is 350 g/mol. The lowest BCUT2D eigenvalue weighted by atomic mass is 10.0. The molecule has 0 bridgehead atoms. The smallest absolute Gasteiger partial charge is 0.422 e. The number of methoxy groups -OCH3 is 2. The van der Waals surface area contributed by atoms with Gasteiger partial charge in [0.2, 0.25) is 0 Å². The number of nitrogens with one attached hydrogen (secondary N) is 1. The maximum atomic E-state index is 11.8. The van der Waals surface area contributed by atoms with Crippen LogP contribution in [0.4, 0.5) is 4.79 Å². The number of rotatable bonds is 6. The van der Waals surface area contributed by atoms with Gasteiger partial charge in [-0.2, -0.15) is 13.1 Å². The molecule has 0 aliphatic heterocycles. The van der Waals surface area contributed by atoms with E-state index in [0.29, 0.717) is 5.02 Å². The molecule has 1 unspecified atom stereocenters. The van der Waals surface area contributed by atoms with Crippen molar-refractivity contribution in [3.05, 3.63) is 47.0 Å². The lowest BCUT2D eigenvalue weighted by Gasteiger charge is -2.18. The third kappa shape index (κ3) is 5.55. The molecule has 10 heteroatoms. The third-order valence-corrected chi connectivity index (χ3v) is 3.67. The topological polar surface area (TPSA) is 108 Å². The zero-order chi connectivity index (χ0) is 17.6. The molecule has 0 aliphatic carbocycles. The van der Waals surface area contributed by atoms with Crippen molar-refractivity contribution in [1.82, 2.24) is 4.72 Å². The molecule has 0 fully saturated rings. The highest BCUT2D eigenvalue weighted by Crippen LogP contribution is 2.28. The monoisotopic (exact) mass is 363 g/mol. The Morgan fingerprint density at radius 1 is 1.17 bits per heavy atom. The lowest BCUT2D eigenvalue weighted by molar-refractivity contribution is -0.137. The predicted molar refractivity (Wildman–Crippen MR) is 80.9 cm³/mol. The summed E-state index contributed by atoms with van der Waals surface area (Å²) >= 11 is 5.76. The molecule has 0 radical (unpaired) electrons. The van der Waals surface area contributed by atoms with Crippen molar-refractivity contribution in [2.75, 3.05) is 14.2 Å². The van der Waals surface area contributed by atoms with Crippen molar-refractivity contribution >= 4 is 34.0 Å². The Bertz CT molecular complexity index is 700. The van der Waals surface area contributed by atoms with Gasteiger partial charge >= 0.3 is 22.4 Å². The van der Waals surface area contributed by atoms with Crippen molar-refractivity contribution < 1.29 is 31.7 Å². The number of hydrogen-bond acceptors (Lipinski definition) is 7. The Morgan fingerprint density at radius 3 is 2.22 bits per heavy atom. The Hall–Kier alpha value is -2.10. The molecular formula is C13H14ClNO7S. The summed E-state index contributed by atoms with van der Waals surface area (Å²) in [5.41, 5.74) is -0.0231. The fourth-order valence-electron chi connectivity index (χ4n) is 1.48. The van der Waals surface area contributed by atoms with E-state index in [1.807, 2.05) is 0 Å². The van der Waals surface area contributed by atoms with Crippen LogP contribution in [0.1, 0.15) is 11.7 Å². The van der Waals surface area contributed by atoms with Crippen molar-refractivity contribution in [1.29, 1.82) is 0 Å². The predicted octanol–water partition coefficient (Wildman–Crippen LogP) is 1.73. The molecule has 1 rings (SSSR count). The van der Waals surface area contributed by atoms with Crippen molar-refractivity contribution in [2.45, 2.75) is 6.10 Å². The van der Waals surface area contributed by atoms with Crippen LogP contribution in [0.25, 0.3) is 0 Å². The second-order valence-corrected chi connectivity index (χ2v) is 5.83. The standard InChI is InChI=1S/C13H14ClNO7S/c1-8(12(16)20-2)11(9-4-6-10(14)7-5-9)22-23(18,19)15-13(17)21-3/h4-7,11H,1H2,2-3H3,(H,15,17). The zero-order valence-corrected chi connectivity index (χ0v) is 13.8. The summed E-state index contributed by atoms with van der Waals surface area (Å²) in [7, 11) is -2.48. The van der Waals surface area contributed by atoms with E-state index >= 15 is 0 Å². The normalized spacial score (nSPS) is 12.1. The first-order valence-corrected chi connectivity index (χ1v) is 7.80. The number of benzene rings is 1. The summed E-state index contributed by atoms with van der Waals surface area (Å²) < 4.78 is 38.6. The maximum Gasteiger partial charge on any atom is 0.422 e. The Labute approximate surface area is 138 Å². The van der Waals surface area contributed by atoms with E-state index in [9.17, 15) is 18.0 Å². The summed E-state index contributed by atoms with van der Waals surface area (Å²) in [6, 6.07) is 5.82. The molecule has 0 spiro atoms. The van der Waals surface area contributed by atoms with Crippen molar-refractivity contribution in [3.8, 4) is 0 Å². The summed E-state index contributed by atoms with van der Waals surface area (Å²) in [6.07, 6.45) is -2.66. The molecule has 1 atom stereocenters. The van der Waals surface area contributed by atoms with Gasteiger partial charge in [0, 0.05) is 5.02 Å². The number of esters is 1. The Balaban J connectivity index is 3.14. The van der Waals surface area contributed by atoms with Crippen LogP contribution in [-0.2, 0) is 28.8 Å². The van der Waals surface area contributed by atoms with Gasteiger partial charge in [-0.05, 0) is 17.7 Å². The molecule has 0 saturated carbocycles. The van der Waals surface area contributed by atoms with Gasteiger partial charge in [0.25, 0.3) is 0 Å². The second kappa shape index (κ2) is 7.95. The molecule has 126 valence electrons. The van der Waals surface area contributed by atoms with Gasteiger partial charge in [-0.1, -0.05) is 30.3 Å². The lowest BCUT2D eigenvalue weighted by Crippen LogP contribution is -2.33. The van der Waals surface area contributed by atoms with E-state index < -0.39 is 28.5 Å². The van der Waals surface area contributed by atoms with Crippen LogP contribution in [-0.4, -0.2) is 34.7 Å². The van der Waals surface area contributed by atoms with Gasteiger partial charge in [0.1, 0.15) is 6.10 Å². The van der Waals surface area contributed by atoms with Crippen LogP contribution in [0.5, 0.6) is 0 Å². The van der Waals surface area contributed by atoms with E-state index in [4.69, 9.17) is 15.8 Å². The van der Waals surface area contributed by atoms with E-state index in [1.165, 1.54) is 29.0 Å². The van der Waals surface area contributed by atoms with E-state index in [1.54, 1.807) is 0 Å². The molecule has 0 heterocycles. The fraction of sp³-hybridized carbons (Fsp3) is 0.231. The average Bonchev–Trinajstić information content (AvgIpc) is 2.51. The zero-order valence-electron chi connectivity index (χ0n) is 12.2. The minimum atomic E-state index is -4.56. The van der Waals surface area contributed by atoms with Crippen LogP contribution >= 0.6 is 11.6 Å². The quantitative estimate of drug-likeness (QED) is 0.605. The first kappa shape index (κ1) is 18.9. The molecule has 1 N–H and O–H groups in total. The van der Waals surface area contributed by atoms with Gasteiger partial charge in [-0.25, -0.2) is 13.8 Å². The largest absolute Gasteiger partial charge is 0.466 e. The van der Waals surface area contributed by atoms with Gasteiger partial charge in [0.05, 0.1) is 19.8 Å². The number of amides is 1. The minimum absolute atomic E-state index is 0.264. The Morgan fingerprint density at radius 2 is 1.74 bits per heavy atom. The number of halogens is 1. The SMILES string of the molecule is C=C(C(=O)OC)C(OS(=O)(=O)NC(=O)OC)c1ccc(Cl)cc1. The Kier molecular flexibility index (Phi) is 6.55. The molecule has 0 aromatic heterocycles. The number of carbonyl (C=O) groups excluding carboxylic acids is 2. The van der Waals surface area contributed by atoms with E-state index in [-0.39, 0.29) is 11.1 Å². The number of ether oxygens (including phenoxy) is 2. The van der Waals surface area contributed by atoms with Gasteiger partial charge in [-0.3, -0.25) is 0 Å². The van der Waals surface area contributed by atoms with Crippen LogP contribution in [0.2, 0.25) is 5.02 Å².